The first-order valence-corrected chi connectivity index (χ1v) is 12.3. The second-order valence-corrected chi connectivity index (χ2v) is 10.4. The molecule has 10 heteroatoms. The van der Waals surface area contributed by atoms with Crippen molar-refractivity contribution in [3.8, 4) is 0 Å². The molecule has 35 heavy (non-hydrogen) atoms. The van der Waals surface area contributed by atoms with Gasteiger partial charge < -0.3 is 16.8 Å². The molecule has 2 saturated carbocycles. The van der Waals surface area contributed by atoms with Gasteiger partial charge in [0.15, 0.2) is 0 Å². The number of carbonyl (C=O) groups excluding carboxylic acids is 1. The molecule has 182 valence electrons. The van der Waals surface area contributed by atoms with Crippen molar-refractivity contribution in [2.75, 3.05) is 16.8 Å². The van der Waals surface area contributed by atoms with E-state index < -0.39 is 5.82 Å². The predicted molar refractivity (Wildman–Crippen MR) is 133 cm³/mol. The van der Waals surface area contributed by atoms with Gasteiger partial charge >= 0.3 is 0 Å². The van der Waals surface area contributed by atoms with E-state index in [1.807, 2.05) is 6.07 Å². The molecule has 8 nitrogen and oxygen atoms in total. The lowest BCUT2D eigenvalue weighted by molar-refractivity contribution is 0.102. The number of allylic oxidation sites excluding steroid dienone is 2. The van der Waals surface area contributed by atoms with Gasteiger partial charge in [-0.15, -0.1) is 0 Å². The fraction of sp³-hybridized carbons (Fsp3) is 0.400. The van der Waals surface area contributed by atoms with E-state index in [1.54, 1.807) is 11.7 Å². The number of carbonyl (C=O) groups is 1. The van der Waals surface area contributed by atoms with Gasteiger partial charge in [0.2, 0.25) is 0 Å². The van der Waals surface area contributed by atoms with E-state index in [-0.39, 0.29) is 16.8 Å². The molecule has 5 N–H and O–H groups in total. The van der Waals surface area contributed by atoms with Crippen LogP contribution in [0.2, 0.25) is 5.02 Å². The SMILES string of the molecule is Cn1nc(C2CC3C=C(c4cc(N)nn4C4CC4)CC3C2)c(C(=O)Nc2ccc(F)c(Cl)c2)c1N. The zero-order valence-corrected chi connectivity index (χ0v) is 20.1. The van der Waals surface area contributed by atoms with Crippen LogP contribution >= 0.6 is 11.6 Å². The third kappa shape index (κ3) is 3.87. The van der Waals surface area contributed by atoms with Crippen LogP contribution in [0, 0.1) is 17.7 Å². The van der Waals surface area contributed by atoms with E-state index in [2.05, 4.69) is 26.3 Å². The quantitative estimate of drug-likeness (QED) is 0.472. The van der Waals surface area contributed by atoms with Crippen molar-refractivity contribution in [2.45, 2.75) is 44.1 Å². The van der Waals surface area contributed by atoms with Gasteiger partial charge in [-0.3, -0.25) is 14.2 Å². The molecule has 0 aliphatic heterocycles. The topological polar surface area (TPSA) is 117 Å². The van der Waals surface area contributed by atoms with Crippen LogP contribution in [-0.4, -0.2) is 25.5 Å². The van der Waals surface area contributed by atoms with E-state index in [4.69, 9.17) is 23.1 Å². The molecule has 0 radical (unpaired) electrons. The molecular formula is C25H27ClFN7O. The van der Waals surface area contributed by atoms with Gasteiger partial charge in [0.1, 0.15) is 23.0 Å². The Bertz CT molecular complexity index is 1370. The molecule has 1 amide bonds. The van der Waals surface area contributed by atoms with Crippen LogP contribution in [0.15, 0.2) is 30.3 Å². The molecule has 2 fully saturated rings. The van der Waals surface area contributed by atoms with Gasteiger partial charge in [0.25, 0.3) is 5.91 Å². The zero-order chi connectivity index (χ0) is 24.4. The minimum absolute atomic E-state index is 0.0572. The molecule has 3 aromatic rings. The Balaban J connectivity index is 1.23. The van der Waals surface area contributed by atoms with E-state index in [0.29, 0.717) is 46.5 Å². The van der Waals surface area contributed by atoms with E-state index >= 15 is 0 Å². The fourth-order valence-electron chi connectivity index (χ4n) is 5.71. The highest BCUT2D eigenvalue weighted by molar-refractivity contribution is 6.31. The average Bonchev–Trinajstić information content (AvgIpc) is 3.12. The summed E-state index contributed by atoms with van der Waals surface area (Å²) in [6.07, 6.45) is 7.49. The standard InChI is InChI=1S/C25H27ClFN7O/c1-33-24(29)22(25(35)30-16-2-5-19(27)18(26)10-16)23(32-33)15-8-12-6-14(7-13(12)9-15)20-11-21(28)31-34(20)17-3-4-17/h2,5-6,10-13,15,17H,3-4,7-9,29H2,1H3,(H2,28,31)(H,30,35). The van der Waals surface area contributed by atoms with Crippen LogP contribution in [0.4, 0.5) is 21.7 Å². The number of hydrogen-bond donors (Lipinski definition) is 3. The van der Waals surface area contributed by atoms with Crippen LogP contribution in [0.3, 0.4) is 0 Å². The minimum Gasteiger partial charge on any atom is -0.383 e. The number of aryl methyl sites for hydroxylation is 1. The number of benzene rings is 1. The van der Waals surface area contributed by atoms with Gasteiger partial charge in [-0.25, -0.2) is 4.39 Å². The summed E-state index contributed by atoms with van der Waals surface area (Å²) in [7, 11) is 1.74. The molecule has 0 bridgehead atoms. The summed E-state index contributed by atoms with van der Waals surface area (Å²) in [6.45, 7) is 0. The van der Waals surface area contributed by atoms with Crippen LogP contribution in [0.25, 0.3) is 5.57 Å². The summed E-state index contributed by atoms with van der Waals surface area (Å²) < 4.78 is 17.2. The molecular weight excluding hydrogens is 469 g/mol. The van der Waals surface area contributed by atoms with E-state index in [9.17, 15) is 9.18 Å². The Hall–Kier alpha value is -3.33. The van der Waals surface area contributed by atoms with Crippen LogP contribution in [0.1, 0.15) is 65.8 Å². The summed E-state index contributed by atoms with van der Waals surface area (Å²) in [5.41, 5.74) is 16.2. The first-order valence-electron chi connectivity index (χ1n) is 11.9. The van der Waals surface area contributed by atoms with Crippen molar-refractivity contribution in [3.05, 3.63) is 58.1 Å². The summed E-state index contributed by atoms with van der Waals surface area (Å²) in [6, 6.07) is 6.54. The number of nitrogens with two attached hydrogens (primary N) is 2. The van der Waals surface area contributed by atoms with Gasteiger partial charge in [0.05, 0.1) is 22.5 Å². The number of nitrogen functional groups attached to an aromatic ring is 2. The van der Waals surface area contributed by atoms with Crippen LogP contribution in [0.5, 0.6) is 0 Å². The number of fused-ring (bicyclic) bond motifs is 1. The Morgan fingerprint density at radius 3 is 2.71 bits per heavy atom. The Morgan fingerprint density at radius 2 is 2.00 bits per heavy atom. The van der Waals surface area contributed by atoms with E-state index in [0.717, 1.165) is 37.8 Å². The summed E-state index contributed by atoms with van der Waals surface area (Å²) >= 11 is 5.87. The molecule has 1 aromatic carbocycles. The van der Waals surface area contributed by atoms with Crippen LogP contribution in [-0.2, 0) is 7.05 Å². The Kier molecular flexibility index (Phi) is 5.14. The minimum atomic E-state index is -0.543. The Labute approximate surface area is 207 Å². The lowest BCUT2D eigenvalue weighted by Gasteiger charge is -2.13. The molecule has 6 rings (SSSR count). The molecule has 3 unspecified atom stereocenters. The lowest BCUT2D eigenvalue weighted by atomic mass is 9.95. The summed E-state index contributed by atoms with van der Waals surface area (Å²) in [5, 5.41) is 11.9. The molecule has 3 aliphatic carbocycles. The van der Waals surface area contributed by atoms with Crippen molar-refractivity contribution in [1.82, 2.24) is 19.6 Å². The normalized spacial score (nSPS) is 23.4. The van der Waals surface area contributed by atoms with Gasteiger partial charge in [-0.2, -0.15) is 10.2 Å². The number of rotatable bonds is 5. The van der Waals surface area contributed by atoms with Crippen molar-refractivity contribution in [2.24, 2.45) is 18.9 Å². The zero-order valence-electron chi connectivity index (χ0n) is 19.3. The maximum Gasteiger partial charge on any atom is 0.261 e. The number of halogens is 2. The molecule has 3 atom stereocenters. The van der Waals surface area contributed by atoms with Crippen molar-refractivity contribution >= 4 is 40.4 Å². The second kappa shape index (κ2) is 8.12. The van der Waals surface area contributed by atoms with E-state index in [1.165, 1.54) is 23.8 Å². The van der Waals surface area contributed by atoms with Gasteiger partial charge in [-0.05, 0) is 67.7 Å². The number of aromatic nitrogens is 4. The summed E-state index contributed by atoms with van der Waals surface area (Å²) in [5.74, 6) is 0.988. The smallest absolute Gasteiger partial charge is 0.261 e. The summed E-state index contributed by atoms with van der Waals surface area (Å²) in [4.78, 5) is 13.2. The fourth-order valence-corrected chi connectivity index (χ4v) is 5.89. The molecule has 2 heterocycles. The number of hydrogen-bond acceptors (Lipinski definition) is 5. The first kappa shape index (κ1) is 22.2. The lowest BCUT2D eigenvalue weighted by Crippen LogP contribution is -2.16. The largest absolute Gasteiger partial charge is 0.383 e. The molecule has 2 aromatic heterocycles. The first-order chi connectivity index (χ1) is 16.8. The van der Waals surface area contributed by atoms with Crippen LogP contribution < -0.4 is 16.8 Å². The van der Waals surface area contributed by atoms with Crippen molar-refractivity contribution in [3.63, 3.8) is 0 Å². The molecule has 3 aliphatic rings. The number of amides is 1. The van der Waals surface area contributed by atoms with Crippen molar-refractivity contribution in [1.29, 1.82) is 0 Å². The maximum atomic E-state index is 13.5. The monoisotopic (exact) mass is 495 g/mol. The van der Waals surface area contributed by atoms with Gasteiger partial charge in [-0.1, -0.05) is 17.7 Å². The number of anilines is 3. The third-order valence-corrected chi connectivity index (χ3v) is 7.82. The molecule has 0 spiro atoms. The average molecular weight is 496 g/mol. The Morgan fingerprint density at radius 1 is 1.20 bits per heavy atom. The number of nitrogens with one attached hydrogen (secondary N) is 1. The highest BCUT2D eigenvalue weighted by atomic mass is 35.5. The van der Waals surface area contributed by atoms with Gasteiger partial charge in [0, 0.05) is 24.7 Å². The predicted octanol–water partition coefficient (Wildman–Crippen LogP) is 4.76. The highest BCUT2D eigenvalue weighted by Gasteiger charge is 2.42. The number of nitrogens with zero attached hydrogens (tertiary/aromatic N) is 4. The van der Waals surface area contributed by atoms with Crippen molar-refractivity contribution < 1.29 is 9.18 Å². The maximum absolute atomic E-state index is 13.5. The highest BCUT2D eigenvalue weighted by Crippen LogP contribution is 2.52. The molecule has 0 saturated heterocycles. The third-order valence-electron chi connectivity index (χ3n) is 7.53. The second-order valence-electron chi connectivity index (χ2n) is 9.97.